The topological polar surface area (TPSA) is 54.2 Å². The standard InChI is InChI=1S/C12H22N4/c1-4-16(5-2)9-10(3)15-12-11(13)7-6-8-14-12/h6-8,10H,4-5,9,13H2,1-3H3,(H,14,15). The lowest BCUT2D eigenvalue weighted by Crippen LogP contribution is -2.35. The van der Waals surface area contributed by atoms with Crippen molar-refractivity contribution in [2.24, 2.45) is 0 Å². The van der Waals surface area contributed by atoms with Gasteiger partial charge in [-0.2, -0.15) is 0 Å². The van der Waals surface area contributed by atoms with Crippen molar-refractivity contribution in [3.05, 3.63) is 18.3 Å². The molecule has 4 heteroatoms. The highest BCUT2D eigenvalue weighted by atomic mass is 15.1. The highest BCUT2D eigenvalue weighted by molar-refractivity contribution is 5.60. The van der Waals surface area contributed by atoms with Crippen LogP contribution in [-0.2, 0) is 0 Å². The van der Waals surface area contributed by atoms with Crippen LogP contribution in [-0.4, -0.2) is 35.6 Å². The van der Waals surface area contributed by atoms with Crippen molar-refractivity contribution in [1.82, 2.24) is 9.88 Å². The van der Waals surface area contributed by atoms with Crippen LogP contribution in [0.1, 0.15) is 20.8 Å². The second-order valence-electron chi connectivity index (χ2n) is 3.97. The van der Waals surface area contributed by atoms with Gasteiger partial charge in [0.15, 0.2) is 0 Å². The van der Waals surface area contributed by atoms with Crippen molar-refractivity contribution in [1.29, 1.82) is 0 Å². The van der Waals surface area contributed by atoms with E-state index in [9.17, 15) is 0 Å². The van der Waals surface area contributed by atoms with Gasteiger partial charge in [-0.15, -0.1) is 0 Å². The molecule has 0 aliphatic heterocycles. The zero-order chi connectivity index (χ0) is 12.0. The monoisotopic (exact) mass is 222 g/mol. The highest BCUT2D eigenvalue weighted by Crippen LogP contribution is 2.14. The van der Waals surface area contributed by atoms with E-state index in [1.807, 2.05) is 12.1 Å². The lowest BCUT2D eigenvalue weighted by atomic mass is 10.3. The SMILES string of the molecule is CCN(CC)CC(C)Nc1ncccc1N. The van der Waals surface area contributed by atoms with Gasteiger partial charge in [0, 0.05) is 18.8 Å². The first-order chi connectivity index (χ1) is 7.67. The lowest BCUT2D eigenvalue weighted by molar-refractivity contribution is 0.294. The summed E-state index contributed by atoms with van der Waals surface area (Å²) in [6.45, 7) is 9.63. The Labute approximate surface area is 97.9 Å². The van der Waals surface area contributed by atoms with Crippen LogP contribution in [0.4, 0.5) is 11.5 Å². The number of hydrogen-bond donors (Lipinski definition) is 2. The van der Waals surface area contributed by atoms with E-state index < -0.39 is 0 Å². The van der Waals surface area contributed by atoms with Crippen molar-refractivity contribution < 1.29 is 0 Å². The zero-order valence-corrected chi connectivity index (χ0v) is 10.4. The van der Waals surface area contributed by atoms with E-state index in [0.717, 1.165) is 25.5 Å². The molecule has 0 bridgehead atoms. The van der Waals surface area contributed by atoms with Gasteiger partial charge in [-0.25, -0.2) is 4.98 Å². The molecule has 4 nitrogen and oxygen atoms in total. The fourth-order valence-corrected chi connectivity index (χ4v) is 1.69. The van der Waals surface area contributed by atoms with Crippen molar-refractivity contribution in [3.8, 4) is 0 Å². The second kappa shape index (κ2) is 6.33. The largest absolute Gasteiger partial charge is 0.396 e. The van der Waals surface area contributed by atoms with E-state index in [2.05, 4.69) is 36.0 Å². The molecular weight excluding hydrogens is 200 g/mol. The first-order valence-corrected chi connectivity index (χ1v) is 5.86. The number of anilines is 2. The Morgan fingerprint density at radius 2 is 2.12 bits per heavy atom. The average Bonchev–Trinajstić information content (AvgIpc) is 2.29. The van der Waals surface area contributed by atoms with Crippen molar-refractivity contribution in [2.75, 3.05) is 30.7 Å². The van der Waals surface area contributed by atoms with Gasteiger partial charge in [0.2, 0.25) is 0 Å². The van der Waals surface area contributed by atoms with Gasteiger partial charge in [-0.05, 0) is 32.1 Å². The molecule has 0 spiro atoms. The minimum atomic E-state index is 0.345. The number of nitrogens with zero attached hydrogens (tertiary/aromatic N) is 2. The Kier molecular flexibility index (Phi) is 5.05. The maximum Gasteiger partial charge on any atom is 0.149 e. The molecule has 0 amide bonds. The maximum atomic E-state index is 5.83. The number of likely N-dealkylation sites (N-methyl/N-ethyl adjacent to an activating group) is 1. The predicted molar refractivity (Wildman–Crippen MR) is 69.5 cm³/mol. The first kappa shape index (κ1) is 12.8. The predicted octanol–water partition coefficient (Wildman–Crippen LogP) is 1.81. The number of hydrogen-bond acceptors (Lipinski definition) is 4. The van der Waals surface area contributed by atoms with Crippen LogP contribution in [0.5, 0.6) is 0 Å². The summed E-state index contributed by atoms with van der Waals surface area (Å²) < 4.78 is 0. The molecule has 0 fully saturated rings. The van der Waals surface area contributed by atoms with Gasteiger partial charge in [-0.3, -0.25) is 0 Å². The van der Waals surface area contributed by atoms with Crippen molar-refractivity contribution in [2.45, 2.75) is 26.8 Å². The van der Waals surface area contributed by atoms with Crippen LogP contribution in [0.3, 0.4) is 0 Å². The molecule has 90 valence electrons. The normalized spacial score (nSPS) is 12.8. The summed E-state index contributed by atoms with van der Waals surface area (Å²) in [7, 11) is 0. The molecule has 0 saturated carbocycles. The van der Waals surface area contributed by atoms with E-state index in [0.29, 0.717) is 11.7 Å². The molecule has 0 aliphatic rings. The van der Waals surface area contributed by atoms with Crippen molar-refractivity contribution in [3.63, 3.8) is 0 Å². The summed E-state index contributed by atoms with van der Waals surface area (Å²) in [5.41, 5.74) is 6.53. The Bertz CT molecular complexity index is 310. The zero-order valence-electron chi connectivity index (χ0n) is 10.4. The molecule has 16 heavy (non-hydrogen) atoms. The number of rotatable bonds is 6. The minimum Gasteiger partial charge on any atom is -0.396 e. The van der Waals surface area contributed by atoms with E-state index in [1.54, 1.807) is 6.20 Å². The minimum absolute atomic E-state index is 0.345. The van der Waals surface area contributed by atoms with Gasteiger partial charge in [0.05, 0.1) is 5.69 Å². The molecule has 1 aromatic heterocycles. The fraction of sp³-hybridized carbons (Fsp3) is 0.583. The number of pyridine rings is 1. The molecule has 3 N–H and O–H groups in total. The second-order valence-corrected chi connectivity index (χ2v) is 3.97. The van der Waals surface area contributed by atoms with Gasteiger partial charge in [0.25, 0.3) is 0 Å². The van der Waals surface area contributed by atoms with Crippen LogP contribution in [0.25, 0.3) is 0 Å². The van der Waals surface area contributed by atoms with Gasteiger partial charge in [0.1, 0.15) is 5.82 Å². The average molecular weight is 222 g/mol. The van der Waals surface area contributed by atoms with Crippen LogP contribution >= 0.6 is 0 Å². The molecule has 0 aromatic carbocycles. The highest BCUT2D eigenvalue weighted by Gasteiger charge is 2.08. The summed E-state index contributed by atoms with van der Waals surface area (Å²) in [5.74, 6) is 0.780. The van der Waals surface area contributed by atoms with Gasteiger partial charge >= 0.3 is 0 Å². The van der Waals surface area contributed by atoms with Crippen LogP contribution in [0, 0.1) is 0 Å². The van der Waals surface area contributed by atoms with Crippen LogP contribution < -0.4 is 11.1 Å². The summed E-state index contributed by atoms with van der Waals surface area (Å²) in [6.07, 6.45) is 1.75. The number of nitrogens with one attached hydrogen (secondary N) is 1. The van der Waals surface area contributed by atoms with E-state index >= 15 is 0 Å². The molecule has 1 atom stereocenters. The summed E-state index contributed by atoms with van der Waals surface area (Å²) >= 11 is 0. The van der Waals surface area contributed by atoms with Crippen LogP contribution in [0.15, 0.2) is 18.3 Å². The summed E-state index contributed by atoms with van der Waals surface area (Å²) in [4.78, 5) is 6.59. The molecule has 0 aliphatic carbocycles. The molecule has 1 rings (SSSR count). The van der Waals surface area contributed by atoms with E-state index in [1.165, 1.54) is 0 Å². The molecule has 1 unspecified atom stereocenters. The van der Waals surface area contributed by atoms with Gasteiger partial charge < -0.3 is 16.0 Å². The third-order valence-electron chi connectivity index (χ3n) is 2.65. The first-order valence-electron chi connectivity index (χ1n) is 5.86. The molecule has 1 aromatic rings. The Balaban J connectivity index is 2.51. The number of aromatic nitrogens is 1. The molecule has 1 heterocycles. The smallest absolute Gasteiger partial charge is 0.149 e. The molecule has 0 saturated heterocycles. The van der Waals surface area contributed by atoms with Crippen LogP contribution in [0.2, 0.25) is 0 Å². The lowest BCUT2D eigenvalue weighted by Gasteiger charge is -2.24. The molecular formula is C12H22N4. The third-order valence-corrected chi connectivity index (χ3v) is 2.65. The van der Waals surface area contributed by atoms with Crippen molar-refractivity contribution >= 4 is 11.5 Å². The summed E-state index contributed by atoms with van der Waals surface area (Å²) in [5, 5.41) is 3.33. The Morgan fingerprint density at radius 1 is 1.44 bits per heavy atom. The van der Waals surface area contributed by atoms with E-state index in [4.69, 9.17) is 5.73 Å². The molecule has 0 radical (unpaired) electrons. The summed E-state index contributed by atoms with van der Waals surface area (Å²) in [6, 6.07) is 4.05. The number of nitrogen functional groups attached to an aromatic ring is 1. The number of nitrogens with two attached hydrogens (primary N) is 1. The Hall–Kier alpha value is -1.29. The van der Waals surface area contributed by atoms with E-state index in [-0.39, 0.29) is 0 Å². The third kappa shape index (κ3) is 3.70. The quantitative estimate of drug-likeness (QED) is 0.770. The maximum absolute atomic E-state index is 5.83. The van der Waals surface area contributed by atoms with Gasteiger partial charge in [-0.1, -0.05) is 13.8 Å². The Morgan fingerprint density at radius 3 is 2.69 bits per heavy atom. The fourth-order valence-electron chi connectivity index (χ4n) is 1.69.